The Morgan fingerprint density at radius 2 is 1.67 bits per heavy atom. The van der Waals surface area contributed by atoms with E-state index in [1.807, 2.05) is 0 Å². The maximum Gasteiger partial charge on any atom is 0.0621 e. The van der Waals surface area contributed by atoms with Crippen LogP contribution in [0, 0.1) is 5.92 Å². The van der Waals surface area contributed by atoms with Crippen molar-refractivity contribution in [1.82, 2.24) is 9.80 Å². The van der Waals surface area contributed by atoms with Crippen LogP contribution in [-0.2, 0) is 4.74 Å². The molecule has 0 amide bonds. The van der Waals surface area contributed by atoms with Crippen LogP contribution in [0.2, 0.25) is 0 Å². The first-order valence-corrected chi connectivity index (χ1v) is 7.96. The third-order valence-electron chi connectivity index (χ3n) is 5.02. The fourth-order valence-electron chi connectivity index (χ4n) is 3.84. The molecule has 3 rings (SSSR count). The average Bonchev–Trinajstić information content (AvgIpc) is 2.94. The Morgan fingerprint density at radius 1 is 0.889 bits per heavy atom. The van der Waals surface area contributed by atoms with Crippen LogP contribution in [0.3, 0.4) is 0 Å². The summed E-state index contributed by atoms with van der Waals surface area (Å²) in [4.78, 5) is 5.38. The van der Waals surface area contributed by atoms with Crippen molar-refractivity contribution in [2.75, 3.05) is 45.9 Å². The highest BCUT2D eigenvalue weighted by molar-refractivity contribution is 4.82. The minimum absolute atomic E-state index is 0.728. The SMILES string of the molecule is C1COCC(N2CCC(CN3CCCC3)CC2)C1. The van der Waals surface area contributed by atoms with E-state index in [0.29, 0.717) is 0 Å². The molecule has 0 N–H and O–H groups in total. The lowest BCUT2D eigenvalue weighted by atomic mass is 9.94. The first-order chi connectivity index (χ1) is 8.92. The molecule has 3 nitrogen and oxygen atoms in total. The van der Waals surface area contributed by atoms with E-state index in [0.717, 1.165) is 25.2 Å². The van der Waals surface area contributed by atoms with Crippen molar-refractivity contribution in [3.05, 3.63) is 0 Å². The zero-order valence-electron chi connectivity index (χ0n) is 11.6. The molecule has 3 fully saturated rings. The molecule has 0 aliphatic carbocycles. The number of rotatable bonds is 3. The zero-order chi connectivity index (χ0) is 12.2. The molecule has 3 aliphatic rings. The quantitative estimate of drug-likeness (QED) is 0.764. The summed E-state index contributed by atoms with van der Waals surface area (Å²) in [6.07, 6.45) is 8.30. The molecular weight excluding hydrogens is 224 g/mol. The molecule has 0 radical (unpaired) electrons. The second-order valence-corrected chi connectivity index (χ2v) is 6.36. The topological polar surface area (TPSA) is 15.7 Å². The predicted octanol–water partition coefficient (Wildman–Crippen LogP) is 1.97. The monoisotopic (exact) mass is 252 g/mol. The van der Waals surface area contributed by atoms with Crippen LogP contribution >= 0.6 is 0 Å². The van der Waals surface area contributed by atoms with Gasteiger partial charge in [0.15, 0.2) is 0 Å². The van der Waals surface area contributed by atoms with E-state index in [1.54, 1.807) is 0 Å². The molecule has 0 bridgehead atoms. The Kier molecular flexibility index (Phi) is 4.55. The summed E-state index contributed by atoms with van der Waals surface area (Å²) in [5.41, 5.74) is 0. The van der Waals surface area contributed by atoms with Crippen molar-refractivity contribution in [1.29, 1.82) is 0 Å². The minimum atomic E-state index is 0.728. The van der Waals surface area contributed by atoms with Crippen molar-refractivity contribution in [3.8, 4) is 0 Å². The summed E-state index contributed by atoms with van der Waals surface area (Å²) in [6.45, 7) is 8.68. The van der Waals surface area contributed by atoms with Crippen molar-refractivity contribution in [3.63, 3.8) is 0 Å². The third-order valence-corrected chi connectivity index (χ3v) is 5.02. The Labute approximate surface area is 111 Å². The molecule has 18 heavy (non-hydrogen) atoms. The van der Waals surface area contributed by atoms with Gasteiger partial charge in [0.1, 0.15) is 0 Å². The maximum atomic E-state index is 5.62. The fourth-order valence-corrected chi connectivity index (χ4v) is 3.84. The number of nitrogens with zero attached hydrogens (tertiary/aromatic N) is 2. The van der Waals surface area contributed by atoms with Gasteiger partial charge in [0.2, 0.25) is 0 Å². The van der Waals surface area contributed by atoms with E-state index in [4.69, 9.17) is 4.74 Å². The van der Waals surface area contributed by atoms with Crippen LogP contribution in [0.1, 0.15) is 38.5 Å². The average molecular weight is 252 g/mol. The van der Waals surface area contributed by atoms with Crippen LogP contribution in [-0.4, -0.2) is 61.8 Å². The van der Waals surface area contributed by atoms with Gasteiger partial charge in [0.25, 0.3) is 0 Å². The van der Waals surface area contributed by atoms with Crippen LogP contribution in [0.5, 0.6) is 0 Å². The molecule has 0 aromatic rings. The van der Waals surface area contributed by atoms with Gasteiger partial charge < -0.3 is 9.64 Å². The van der Waals surface area contributed by atoms with Crippen molar-refractivity contribution >= 4 is 0 Å². The van der Waals surface area contributed by atoms with Crippen LogP contribution < -0.4 is 0 Å². The second-order valence-electron chi connectivity index (χ2n) is 6.36. The number of piperidine rings is 1. The summed E-state index contributed by atoms with van der Waals surface area (Å²) in [5.74, 6) is 0.962. The number of likely N-dealkylation sites (tertiary alicyclic amines) is 2. The Balaban J connectivity index is 1.40. The van der Waals surface area contributed by atoms with Gasteiger partial charge in [-0.05, 0) is 70.6 Å². The van der Waals surface area contributed by atoms with Gasteiger partial charge in [0.05, 0.1) is 6.61 Å². The van der Waals surface area contributed by atoms with E-state index >= 15 is 0 Å². The molecule has 0 saturated carbocycles. The van der Waals surface area contributed by atoms with E-state index in [9.17, 15) is 0 Å². The van der Waals surface area contributed by atoms with Crippen LogP contribution in [0.25, 0.3) is 0 Å². The van der Waals surface area contributed by atoms with Crippen molar-refractivity contribution in [2.45, 2.75) is 44.6 Å². The Hall–Kier alpha value is -0.120. The number of hydrogen-bond donors (Lipinski definition) is 0. The van der Waals surface area contributed by atoms with Gasteiger partial charge >= 0.3 is 0 Å². The van der Waals surface area contributed by atoms with E-state index in [-0.39, 0.29) is 0 Å². The highest BCUT2D eigenvalue weighted by Gasteiger charge is 2.27. The first-order valence-electron chi connectivity index (χ1n) is 7.96. The molecule has 3 saturated heterocycles. The van der Waals surface area contributed by atoms with Crippen molar-refractivity contribution < 1.29 is 4.74 Å². The second kappa shape index (κ2) is 6.36. The van der Waals surface area contributed by atoms with Gasteiger partial charge in [0, 0.05) is 19.2 Å². The summed E-state index contributed by atoms with van der Waals surface area (Å²) >= 11 is 0. The Bertz CT molecular complexity index is 239. The lowest BCUT2D eigenvalue weighted by Crippen LogP contribution is -2.46. The highest BCUT2D eigenvalue weighted by atomic mass is 16.5. The summed E-state index contributed by atoms with van der Waals surface area (Å²) < 4.78 is 5.62. The van der Waals surface area contributed by atoms with Gasteiger partial charge in [-0.25, -0.2) is 0 Å². The molecule has 1 atom stereocenters. The van der Waals surface area contributed by atoms with Crippen LogP contribution in [0.4, 0.5) is 0 Å². The summed E-state index contributed by atoms with van der Waals surface area (Å²) in [6, 6.07) is 0.728. The largest absolute Gasteiger partial charge is 0.380 e. The normalized spacial score (nSPS) is 33.0. The molecule has 104 valence electrons. The van der Waals surface area contributed by atoms with E-state index in [1.165, 1.54) is 71.2 Å². The molecule has 0 aromatic heterocycles. The van der Waals surface area contributed by atoms with Gasteiger partial charge in [-0.3, -0.25) is 4.90 Å². The fraction of sp³-hybridized carbons (Fsp3) is 1.00. The molecular formula is C15H28N2O. The van der Waals surface area contributed by atoms with Crippen LogP contribution in [0.15, 0.2) is 0 Å². The molecule has 3 aliphatic heterocycles. The molecule has 3 heterocycles. The number of ether oxygens (including phenoxy) is 1. The standard InChI is InChI=1S/C15H28N2O/c1-2-8-16(7-1)12-14-5-9-17(10-6-14)15-4-3-11-18-13-15/h14-15H,1-13H2. The predicted molar refractivity (Wildman–Crippen MR) is 73.8 cm³/mol. The minimum Gasteiger partial charge on any atom is -0.380 e. The molecule has 1 unspecified atom stereocenters. The molecule has 0 aromatic carbocycles. The lowest BCUT2D eigenvalue weighted by Gasteiger charge is -2.39. The van der Waals surface area contributed by atoms with E-state index in [2.05, 4.69) is 9.80 Å². The van der Waals surface area contributed by atoms with Gasteiger partial charge in [-0.15, -0.1) is 0 Å². The summed E-state index contributed by atoms with van der Waals surface area (Å²) in [7, 11) is 0. The molecule has 3 heteroatoms. The third kappa shape index (κ3) is 3.25. The lowest BCUT2D eigenvalue weighted by molar-refractivity contribution is 0.00303. The Morgan fingerprint density at radius 3 is 2.33 bits per heavy atom. The summed E-state index contributed by atoms with van der Waals surface area (Å²) in [5, 5.41) is 0. The zero-order valence-corrected chi connectivity index (χ0v) is 11.6. The van der Waals surface area contributed by atoms with Gasteiger partial charge in [-0.1, -0.05) is 0 Å². The van der Waals surface area contributed by atoms with Gasteiger partial charge in [-0.2, -0.15) is 0 Å². The number of hydrogen-bond acceptors (Lipinski definition) is 3. The maximum absolute atomic E-state index is 5.62. The van der Waals surface area contributed by atoms with Crippen molar-refractivity contribution in [2.24, 2.45) is 5.92 Å². The molecule has 0 spiro atoms. The first kappa shape index (κ1) is 12.9. The smallest absolute Gasteiger partial charge is 0.0621 e. The van der Waals surface area contributed by atoms with E-state index < -0.39 is 0 Å². The highest BCUT2D eigenvalue weighted by Crippen LogP contribution is 2.24.